The van der Waals surface area contributed by atoms with Gasteiger partial charge in [-0.05, 0) is 31.5 Å². The van der Waals surface area contributed by atoms with Gasteiger partial charge in [0.05, 0.1) is 6.54 Å². The third kappa shape index (κ3) is 4.92. The van der Waals surface area contributed by atoms with Crippen molar-refractivity contribution in [3.05, 3.63) is 71.0 Å². The Bertz CT molecular complexity index is 950. The number of hydrogen-bond acceptors (Lipinski definition) is 4. The highest BCUT2D eigenvalue weighted by Crippen LogP contribution is 2.26. The third-order valence-corrected chi connectivity index (χ3v) is 5.25. The molecular weight excluding hydrogens is 370 g/mol. The molecule has 146 valence electrons. The molecule has 0 unspecified atom stereocenters. The van der Waals surface area contributed by atoms with Gasteiger partial charge in [0.2, 0.25) is 0 Å². The second-order valence-corrected chi connectivity index (χ2v) is 7.84. The van der Waals surface area contributed by atoms with Crippen LogP contribution in [0.4, 0.5) is 4.79 Å². The highest BCUT2D eigenvalue weighted by molar-refractivity contribution is 7.98. The summed E-state index contributed by atoms with van der Waals surface area (Å²) in [5.74, 6) is 1.50. The normalized spacial score (nSPS) is 10.7. The molecule has 2 amide bonds. The summed E-state index contributed by atoms with van der Waals surface area (Å²) in [4.78, 5) is 13.4. The van der Waals surface area contributed by atoms with Crippen molar-refractivity contribution < 1.29 is 4.79 Å². The molecule has 0 atom stereocenters. The van der Waals surface area contributed by atoms with E-state index in [4.69, 9.17) is 0 Å². The fourth-order valence-electron chi connectivity index (χ4n) is 2.72. The molecule has 0 radical (unpaired) electrons. The quantitative estimate of drug-likeness (QED) is 0.642. The van der Waals surface area contributed by atoms with Gasteiger partial charge in [-0.15, -0.1) is 10.2 Å². The van der Waals surface area contributed by atoms with Gasteiger partial charge in [0.15, 0.2) is 11.0 Å². The first-order valence-corrected chi connectivity index (χ1v) is 10.1. The van der Waals surface area contributed by atoms with E-state index < -0.39 is 0 Å². The highest BCUT2D eigenvalue weighted by Gasteiger charge is 2.16. The summed E-state index contributed by atoms with van der Waals surface area (Å²) in [6, 6.07) is 16.5. The van der Waals surface area contributed by atoms with Crippen LogP contribution in [0.3, 0.4) is 0 Å². The number of urea groups is 1. The van der Waals surface area contributed by atoms with Gasteiger partial charge in [0, 0.05) is 25.5 Å². The predicted octanol–water partition coefficient (Wildman–Crippen LogP) is 3.95. The van der Waals surface area contributed by atoms with Crippen LogP contribution in [0, 0.1) is 13.8 Å². The Kier molecular flexibility index (Phi) is 6.36. The average molecular weight is 396 g/mol. The number of carbonyl (C=O) groups excluding carboxylic acids is 1. The molecule has 2 aromatic carbocycles. The number of thioether (sulfide) groups is 1. The monoisotopic (exact) mass is 395 g/mol. The molecule has 1 N–H and O–H groups in total. The molecule has 0 fully saturated rings. The Morgan fingerprint density at radius 3 is 2.50 bits per heavy atom. The Balaban J connectivity index is 1.86. The minimum atomic E-state index is -0.160. The van der Waals surface area contributed by atoms with Crippen molar-refractivity contribution in [2.24, 2.45) is 0 Å². The zero-order chi connectivity index (χ0) is 20.1. The molecule has 6 nitrogen and oxygen atoms in total. The molecule has 1 heterocycles. The van der Waals surface area contributed by atoms with Gasteiger partial charge in [0.1, 0.15) is 0 Å². The summed E-state index contributed by atoms with van der Waals surface area (Å²) >= 11 is 1.64. The maximum Gasteiger partial charge on any atom is 0.317 e. The van der Waals surface area contributed by atoms with E-state index in [1.54, 1.807) is 25.9 Å². The van der Waals surface area contributed by atoms with Crippen molar-refractivity contribution in [2.75, 3.05) is 14.1 Å². The topological polar surface area (TPSA) is 63.1 Å². The number of aromatic nitrogens is 3. The van der Waals surface area contributed by atoms with E-state index in [1.807, 2.05) is 16.7 Å². The first-order chi connectivity index (χ1) is 13.4. The number of carbonyl (C=O) groups is 1. The Morgan fingerprint density at radius 2 is 1.82 bits per heavy atom. The van der Waals surface area contributed by atoms with E-state index in [0.717, 1.165) is 16.6 Å². The van der Waals surface area contributed by atoms with Crippen molar-refractivity contribution >= 4 is 17.8 Å². The van der Waals surface area contributed by atoms with E-state index in [1.165, 1.54) is 21.6 Å². The highest BCUT2D eigenvalue weighted by atomic mass is 32.2. The van der Waals surface area contributed by atoms with E-state index >= 15 is 0 Å². The van der Waals surface area contributed by atoms with Crippen molar-refractivity contribution in [3.8, 4) is 5.69 Å². The molecule has 0 bridgehead atoms. The minimum absolute atomic E-state index is 0.160. The Morgan fingerprint density at radius 1 is 1.07 bits per heavy atom. The fourth-order valence-corrected chi connectivity index (χ4v) is 3.64. The van der Waals surface area contributed by atoms with Crippen molar-refractivity contribution in [3.63, 3.8) is 0 Å². The molecule has 0 aliphatic rings. The van der Waals surface area contributed by atoms with E-state index in [9.17, 15) is 4.79 Å². The SMILES string of the molecule is Cc1ccc(-n2c(CNC(=O)N(C)C)nnc2SCc2cccc(C)c2)cc1. The van der Waals surface area contributed by atoms with Crippen LogP contribution in [-0.2, 0) is 12.3 Å². The first-order valence-electron chi connectivity index (χ1n) is 9.09. The lowest BCUT2D eigenvalue weighted by Crippen LogP contribution is -2.34. The van der Waals surface area contributed by atoms with Gasteiger partial charge in [0.25, 0.3) is 0 Å². The second kappa shape index (κ2) is 8.93. The number of amides is 2. The van der Waals surface area contributed by atoms with Crippen LogP contribution in [0.5, 0.6) is 0 Å². The van der Waals surface area contributed by atoms with Crippen molar-refractivity contribution in [1.82, 2.24) is 25.0 Å². The molecule has 0 aliphatic carbocycles. The van der Waals surface area contributed by atoms with Crippen LogP contribution in [0.2, 0.25) is 0 Å². The van der Waals surface area contributed by atoms with Crippen molar-refractivity contribution in [1.29, 1.82) is 0 Å². The molecule has 0 saturated carbocycles. The number of nitrogens with zero attached hydrogens (tertiary/aromatic N) is 4. The van der Waals surface area contributed by atoms with E-state index in [-0.39, 0.29) is 6.03 Å². The molecule has 7 heteroatoms. The smallest absolute Gasteiger partial charge is 0.317 e. The van der Waals surface area contributed by atoms with Crippen LogP contribution in [-0.4, -0.2) is 39.8 Å². The minimum Gasteiger partial charge on any atom is -0.331 e. The lowest BCUT2D eigenvalue weighted by molar-refractivity contribution is 0.216. The van der Waals surface area contributed by atoms with Gasteiger partial charge in [-0.1, -0.05) is 59.3 Å². The summed E-state index contributed by atoms with van der Waals surface area (Å²) in [6.45, 7) is 4.46. The number of benzene rings is 2. The van der Waals surface area contributed by atoms with Gasteiger partial charge in [-0.2, -0.15) is 0 Å². The maximum atomic E-state index is 11.9. The number of aryl methyl sites for hydroxylation is 2. The summed E-state index contributed by atoms with van der Waals surface area (Å²) < 4.78 is 2.01. The van der Waals surface area contributed by atoms with Crippen LogP contribution >= 0.6 is 11.8 Å². The second-order valence-electron chi connectivity index (χ2n) is 6.90. The summed E-state index contributed by atoms with van der Waals surface area (Å²) in [7, 11) is 3.42. The van der Waals surface area contributed by atoms with Crippen LogP contribution < -0.4 is 5.32 Å². The number of hydrogen-bond donors (Lipinski definition) is 1. The summed E-state index contributed by atoms with van der Waals surface area (Å²) in [5.41, 5.74) is 4.65. The largest absolute Gasteiger partial charge is 0.331 e. The molecular formula is C21H25N5OS. The van der Waals surface area contributed by atoms with Crippen molar-refractivity contribution in [2.45, 2.75) is 31.3 Å². The Hall–Kier alpha value is -2.80. The standard InChI is InChI=1S/C21H25N5OS/c1-15-8-10-18(11-9-15)26-19(13-22-20(27)25(3)4)23-24-21(26)28-14-17-7-5-6-16(2)12-17/h5-12H,13-14H2,1-4H3,(H,22,27). The van der Waals surface area contributed by atoms with Crippen LogP contribution in [0.1, 0.15) is 22.5 Å². The number of nitrogens with one attached hydrogen (secondary N) is 1. The predicted molar refractivity (Wildman–Crippen MR) is 113 cm³/mol. The lowest BCUT2D eigenvalue weighted by atomic mass is 10.2. The van der Waals surface area contributed by atoms with Gasteiger partial charge in [-0.3, -0.25) is 4.57 Å². The van der Waals surface area contributed by atoms with Gasteiger partial charge in [-0.25, -0.2) is 4.79 Å². The molecule has 0 aliphatic heterocycles. The molecule has 0 saturated heterocycles. The zero-order valence-electron chi connectivity index (χ0n) is 16.6. The fraction of sp³-hybridized carbons (Fsp3) is 0.286. The van der Waals surface area contributed by atoms with Gasteiger partial charge < -0.3 is 10.2 Å². The Labute approximate surface area is 170 Å². The average Bonchev–Trinajstić information content (AvgIpc) is 3.08. The summed E-state index contributed by atoms with van der Waals surface area (Å²) in [5, 5.41) is 12.4. The van der Waals surface area contributed by atoms with Gasteiger partial charge >= 0.3 is 6.03 Å². The first kappa shape index (κ1) is 19.9. The molecule has 28 heavy (non-hydrogen) atoms. The van der Waals surface area contributed by atoms with E-state index in [0.29, 0.717) is 12.4 Å². The van der Waals surface area contributed by atoms with Crippen LogP contribution in [0.15, 0.2) is 53.7 Å². The number of rotatable bonds is 6. The molecule has 3 aromatic rings. The zero-order valence-corrected chi connectivity index (χ0v) is 17.5. The van der Waals surface area contributed by atoms with Crippen LogP contribution in [0.25, 0.3) is 5.69 Å². The maximum absolute atomic E-state index is 11.9. The lowest BCUT2D eigenvalue weighted by Gasteiger charge is -2.14. The summed E-state index contributed by atoms with van der Waals surface area (Å²) in [6.07, 6.45) is 0. The van der Waals surface area contributed by atoms with E-state index in [2.05, 4.69) is 65.8 Å². The molecule has 0 spiro atoms. The molecule has 3 rings (SSSR count). The third-order valence-electron chi connectivity index (χ3n) is 4.25. The molecule has 1 aromatic heterocycles.